The van der Waals surface area contributed by atoms with E-state index in [1.165, 1.54) is 0 Å². The highest BCUT2D eigenvalue weighted by Gasteiger charge is 2.87. The highest BCUT2D eigenvalue weighted by molar-refractivity contribution is 5.15. The number of rotatable bonds is 2. The van der Waals surface area contributed by atoms with Crippen molar-refractivity contribution in [2.45, 2.75) is 30.4 Å². The summed E-state index contributed by atoms with van der Waals surface area (Å²) < 4.78 is 126. The van der Waals surface area contributed by atoms with Crippen LogP contribution in [0.3, 0.4) is 0 Å². The van der Waals surface area contributed by atoms with Gasteiger partial charge in [-0.15, -0.1) is 0 Å². The van der Waals surface area contributed by atoms with Gasteiger partial charge in [0.2, 0.25) is 6.17 Å². The molecule has 1 fully saturated rings. The lowest BCUT2D eigenvalue weighted by atomic mass is 10.6. The lowest BCUT2D eigenvalue weighted by molar-refractivity contribution is -0.219. The second-order valence-electron chi connectivity index (χ2n) is 3.33. The van der Waals surface area contributed by atoms with E-state index >= 15 is 0 Å². The van der Waals surface area contributed by atoms with Crippen molar-refractivity contribution in [2.24, 2.45) is 0 Å². The maximum atomic E-state index is 11.2. The van der Waals surface area contributed by atoms with Gasteiger partial charge in [0.1, 0.15) is 13.2 Å². The molecule has 1 aliphatic carbocycles. The van der Waals surface area contributed by atoms with Crippen LogP contribution in [0.4, 0.5) is 48.3 Å². The molecule has 0 aliphatic heterocycles. The highest BCUT2D eigenvalue weighted by atomic mass is 19.4. The minimum absolute atomic E-state index is 1.87. The van der Waals surface area contributed by atoms with Crippen LogP contribution in [-0.4, -0.2) is 43.6 Å². The third-order valence-electron chi connectivity index (χ3n) is 1.53. The zero-order valence-electron chi connectivity index (χ0n) is 8.56. The predicted molar refractivity (Wildman–Crippen MR) is 37.7 cm³/mol. The van der Waals surface area contributed by atoms with E-state index in [1.807, 2.05) is 0 Å². The average Bonchev–Trinajstić information content (AvgIpc) is 2.44. The summed E-state index contributed by atoms with van der Waals surface area (Å²) in [5.74, 6) is -8.79. The van der Waals surface area contributed by atoms with Crippen molar-refractivity contribution >= 4 is 0 Å². The van der Waals surface area contributed by atoms with Gasteiger partial charge in [-0.05, 0) is 0 Å². The molecule has 12 heteroatoms. The molecule has 0 aromatic rings. The van der Waals surface area contributed by atoms with E-state index in [0.717, 1.165) is 0 Å². The summed E-state index contributed by atoms with van der Waals surface area (Å²) in [6.07, 6.45) is -12.7. The van der Waals surface area contributed by atoms with Crippen LogP contribution in [0.25, 0.3) is 0 Å². The molecule has 0 heterocycles. The molecule has 0 aromatic heterocycles. The Morgan fingerprint density at radius 1 is 0.737 bits per heavy atom. The SMILES string of the molecule is FC(F)(F)COCC(F)(F)F.FC1C(F)(F)C1(F)F. The zero-order chi connectivity index (χ0) is 15.7. The Morgan fingerprint density at radius 3 is 1.05 bits per heavy atom. The van der Waals surface area contributed by atoms with Crippen LogP contribution in [0, 0.1) is 0 Å². The van der Waals surface area contributed by atoms with E-state index < -0.39 is 43.6 Å². The smallest absolute Gasteiger partial charge is 0.363 e. The first-order chi connectivity index (χ1) is 8.11. The molecular formula is C7H5F11O. The first-order valence-corrected chi connectivity index (χ1v) is 4.22. The van der Waals surface area contributed by atoms with Crippen LogP contribution in [0.15, 0.2) is 0 Å². The molecule has 0 amide bonds. The van der Waals surface area contributed by atoms with Crippen LogP contribution in [0.5, 0.6) is 0 Å². The third kappa shape index (κ3) is 5.78. The van der Waals surface area contributed by atoms with Gasteiger partial charge in [-0.2, -0.15) is 43.9 Å². The van der Waals surface area contributed by atoms with Gasteiger partial charge in [-0.3, -0.25) is 0 Å². The summed E-state index contributed by atoms with van der Waals surface area (Å²) in [7, 11) is 0. The number of halogens is 11. The van der Waals surface area contributed by atoms with E-state index in [-0.39, 0.29) is 0 Å². The summed E-state index contributed by atoms with van der Waals surface area (Å²) in [5.41, 5.74) is 0. The van der Waals surface area contributed by atoms with Crippen LogP contribution in [-0.2, 0) is 4.74 Å². The van der Waals surface area contributed by atoms with Crippen molar-refractivity contribution in [3.63, 3.8) is 0 Å². The molecule has 1 aliphatic rings. The van der Waals surface area contributed by atoms with Gasteiger partial charge >= 0.3 is 24.2 Å². The Balaban J connectivity index is 0.000000356. The van der Waals surface area contributed by atoms with Crippen LogP contribution in [0.1, 0.15) is 0 Å². The van der Waals surface area contributed by atoms with Crippen molar-refractivity contribution in [1.29, 1.82) is 0 Å². The van der Waals surface area contributed by atoms with E-state index in [4.69, 9.17) is 0 Å². The van der Waals surface area contributed by atoms with Crippen molar-refractivity contribution in [1.82, 2.24) is 0 Å². The maximum Gasteiger partial charge on any atom is 0.411 e. The number of ether oxygens (including phenoxy) is 1. The predicted octanol–water partition coefficient (Wildman–Crippen LogP) is 3.74. The third-order valence-corrected chi connectivity index (χ3v) is 1.53. The van der Waals surface area contributed by atoms with Gasteiger partial charge in [0.15, 0.2) is 0 Å². The van der Waals surface area contributed by atoms with Crippen LogP contribution < -0.4 is 0 Å². The molecule has 0 N–H and O–H groups in total. The average molecular weight is 314 g/mol. The lowest BCUT2D eigenvalue weighted by Crippen LogP contribution is -2.23. The number of hydrogen-bond acceptors (Lipinski definition) is 1. The molecule has 0 atom stereocenters. The monoisotopic (exact) mass is 314 g/mol. The minimum atomic E-state index is -4.70. The van der Waals surface area contributed by atoms with E-state index in [9.17, 15) is 48.3 Å². The Morgan fingerprint density at radius 2 is 0.947 bits per heavy atom. The Kier molecular flexibility index (Phi) is 5.06. The topological polar surface area (TPSA) is 9.23 Å². The summed E-state index contributed by atoms with van der Waals surface area (Å²) in [6.45, 7) is -3.74. The highest BCUT2D eigenvalue weighted by Crippen LogP contribution is 2.58. The van der Waals surface area contributed by atoms with Gasteiger partial charge < -0.3 is 4.74 Å². The van der Waals surface area contributed by atoms with Crippen molar-refractivity contribution < 1.29 is 53.0 Å². The fourth-order valence-corrected chi connectivity index (χ4v) is 0.588. The Bertz CT molecular complexity index is 262. The van der Waals surface area contributed by atoms with Crippen molar-refractivity contribution in [3.8, 4) is 0 Å². The molecule has 1 nitrogen and oxygen atoms in total. The standard InChI is InChI=1S/C4H4F6O.C3HF5/c5-3(6,7)1-11-2-4(8,9)10;4-1-2(5,6)3(1,7)8/h1-2H2;1H. The van der Waals surface area contributed by atoms with Gasteiger partial charge in [0.25, 0.3) is 0 Å². The zero-order valence-corrected chi connectivity index (χ0v) is 8.56. The first kappa shape index (κ1) is 18.2. The Hall–Kier alpha value is -0.810. The summed E-state index contributed by atoms with van der Waals surface area (Å²) >= 11 is 0. The molecule has 1 rings (SSSR count). The molecule has 116 valence electrons. The normalized spacial score (nSPS) is 21.6. The number of alkyl halides is 11. The maximum absolute atomic E-state index is 11.2. The number of hydrogen-bond donors (Lipinski definition) is 0. The van der Waals surface area contributed by atoms with Crippen molar-refractivity contribution in [2.75, 3.05) is 13.2 Å². The second-order valence-corrected chi connectivity index (χ2v) is 3.33. The lowest BCUT2D eigenvalue weighted by Gasteiger charge is -2.09. The van der Waals surface area contributed by atoms with E-state index in [1.54, 1.807) is 0 Å². The fraction of sp³-hybridized carbons (Fsp3) is 1.00. The molecule has 0 aromatic carbocycles. The molecule has 0 unspecified atom stereocenters. The first-order valence-electron chi connectivity index (χ1n) is 4.22. The summed E-state index contributed by atoms with van der Waals surface area (Å²) in [6, 6.07) is 0. The largest absolute Gasteiger partial charge is 0.411 e. The van der Waals surface area contributed by atoms with E-state index in [2.05, 4.69) is 4.74 Å². The van der Waals surface area contributed by atoms with E-state index in [0.29, 0.717) is 0 Å². The molecule has 0 saturated heterocycles. The fourth-order valence-electron chi connectivity index (χ4n) is 0.588. The van der Waals surface area contributed by atoms with Gasteiger partial charge in [-0.25, -0.2) is 4.39 Å². The Labute approximate surface area is 97.9 Å². The molecular weight excluding hydrogens is 309 g/mol. The van der Waals surface area contributed by atoms with Gasteiger partial charge in [0.05, 0.1) is 0 Å². The van der Waals surface area contributed by atoms with Crippen LogP contribution >= 0.6 is 0 Å². The molecule has 1 saturated carbocycles. The summed E-state index contributed by atoms with van der Waals surface area (Å²) in [4.78, 5) is 0. The second kappa shape index (κ2) is 5.29. The minimum Gasteiger partial charge on any atom is -0.363 e. The summed E-state index contributed by atoms with van der Waals surface area (Å²) in [5, 5.41) is 0. The van der Waals surface area contributed by atoms with Gasteiger partial charge in [0, 0.05) is 0 Å². The molecule has 0 spiro atoms. The van der Waals surface area contributed by atoms with Crippen molar-refractivity contribution in [3.05, 3.63) is 0 Å². The molecule has 0 radical (unpaired) electrons. The van der Waals surface area contributed by atoms with Gasteiger partial charge in [-0.1, -0.05) is 0 Å². The molecule has 19 heavy (non-hydrogen) atoms. The van der Waals surface area contributed by atoms with Crippen LogP contribution in [0.2, 0.25) is 0 Å². The quantitative estimate of drug-likeness (QED) is 0.706. The molecule has 0 bridgehead atoms.